The maximum absolute atomic E-state index is 12.9. The summed E-state index contributed by atoms with van der Waals surface area (Å²) < 4.78 is 11.1. The van der Waals surface area contributed by atoms with Gasteiger partial charge in [0.25, 0.3) is 0 Å². The zero-order valence-electron chi connectivity index (χ0n) is 14.7. The highest BCUT2D eigenvalue weighted by Crippen LogP contribution is 2.49. The van der Waals surface area contributed by atoms with E-state index in [4.69, 9.17) is 9.47 Å². The van der Waals surface area contributed by atoms with Gasteiger partial charge in [0.15, 0.2) is 0 Å². The molecule has 8 nitrogen and oxygen atoms in total. The van der Waals surface area contributed by atoms with Gasteiger partial charge >= 0.3 is 5.97 Å². The fraction of sp³-hybridized carbons (Fsp3) is 0.526. The van der Waals surface area contributed by atoms with Crippen LogP contribution >= 0.6 is 0 Å². The Morgan fingerprint density at radius 1 is 1.04 bits per heavy atom. The third kappa shape index (κ3) is 2.40. The number of aromatic carboxylic acids is 1. The van der Waals surface area contributed by atoms with E-state index in [1.165, 1.54) is 11.0 Å². The van der Waals surface area contributed by atoms with Crippen LogP contribution in [0.25, 0.3) is 0 Å². The van der Waals surface area contributed by atoms with Gasteiger partial charge in [-0.05, 0) is 31.0 Å². The maximum atomic E-state index is 12.9. The standard InChI is InChI=1S/C19H20N2O6/c22-17-15-13-3-4-14(27-13)16(15)18(23)21(17)10-1-2-12(11(9-10)19(24)25)20-5-7-26-8-6-20/h1-2,9,13-16H,3-8H2,(H,24,25)/t13-,14+,15-,16+. The minimum absolute atomic E-state index is 0.0891. The number of carbonyl (C=O) groups excluding carboxylic acids is 2. The van der Waals surface area contributed by atoms with E-state index in [1.807, 2.05) is 4.90 Å². The lowest BCUT2D eigenvalue weighted by Crippen LogP contribution is -2.37. The first-order valence-corrected chi connectivity index (χ1v) is 9.29. The van der Waals surface area contributed by atoms with Gasteiger partial charge in [-0.25, -0.2) is 9.69 Å². The van der Waals surface area contributed by atoms with Crippen LogP contribution in [0.15, 0.2) is 18.2 Å². The fourth-order valence-electron chi connectivity index (χ4n) is 4.88. The molecule has 2 bridgehead atoms. The molecule has 5 rings (SSSR count). The Labute approximate surface area is 155 Å². The molecule has 8 heteroatoms. The van der Waals surface area contributed by atoms with Gasteiger partial charge in [-0.3, -0.25) is 9.59 Å². The van der Waals surface area contributed by atoms with Crippen molar-refractivity contribution in [3.8, 4) is 0 Å². The molecule has 4 atom stereocenters. The summed E-state index contributed by atoms with van der Waals surface area (Å²) in [5.41, 5.74) is 0.997. The Morgan fingerprint density at radius 2 is 1.67 bits per heavy atom. The number of carbonyl (C=O) groups is 3. The van der Waals surface area contributed by atoms with Gasteiger partial charge < -0.3 is 19.5 Å². The van der Waals surface area contributed by atoms with E-state index in [2.05, 4.69) is 0 Å². The number of anilines is 2. The highest BCUT2D eigenvalue weighted by molar-refractivity contribution is 6.23. The van der Waals surface area contributed by atoms with Crippen molar-refractivity contribution < 1.29 is 29.0 Å². The molecule has 0 aromatic heterocycles. The van der Waals surface area contributed by atoms with Gasteiger partial charge in [-0.1, -0.05) is 0 Å². The van der Waals surface area contributed by atoms with Crippen molar-refractivity contribution in [2.24, 2.45) is 11.8 Å². The zero-order valence-corrected chi connectivity index (χ0v) is 14.7. The number of morpholine rings is 1. The second kappa shape index (κ2) is 6.03. The van der Waals surface area contributed by atoms with E-state index in [0.717, 1.165) is 12.8 Å². The smallest absolute Gasteiger partial charge is 0.337 e. The molecule has 4 aliphatic rings. The van der Waals surface area contributed by atoms with Crippen molar-refractivity contribution in [3.63, 3.8) is 0 Å². The van der Waals surface area contributed by atoms with Crippen molar-refractivity contribution >= 4 is 29.2 Å². The molecule has 1 N–H and O–H groups in total. The van der Waals surface area contributed by atoms with Crippen LogP contribution in [-0.4, -0.2) is 61.4 Å². The van der Waals surface area contributed by atoms with Crippen LogP contribution in [0.5, 0.6) is 0 Å². The Hall–Kier alpha value is -2.45. The van der Waals surface area contributed by atoms with Gasteiger partial charge in [-0.2, -0.15) is 0 Å². The minimum Gasteiger partial charge on any atom is -0.478 e. The normalized spacial score (nSPS) is 32.3. The minimum atomic E-state index is -1.08. The third-order valence-corrected chi connectivity index (χ3v) is 6.10. The maximum Gasteiger partial charge on any atom is 0.337 e. The molecule has 2 amide bonds. The Balaban J connectivity index is 1.50. The molecule has 0 radical (unpaired) electrons. The van der Waals surface area contributed by atoms with Crippen molar-refractivity contribution in [2.45, 2.75) is 25.0 Å². The second-order valence-electron chi connectivity index (χ2n) is 7.46. The molecule has 0 aliphatic carbocycles. The molecule has 142 valence electrons. The molecule has 1 aromatic carbocycles. The topological polar surface area (TPSA) is 96.4 Å². The summed E-state index contributed by atoms with van der Waals surface area (Å²) in [6.45, 7) is 2.28. The average Bonchev–Trinajstić information content (AvgIpc) is 3.36. The summed E-state index contributed by atoms with van der Waals surface area (Å²) in [5.74, 6) is -2.48. The van der Waals surface area contributed by atoms with E-state index in [-0.39, 0.29) is 29.6 Å². The Morgan fingerprint density at radius 3 is 2.26 bits per heavy atom. The highest BCUT2D eigenvalue weighted by Gasteiger charge is 2.62. The van der Waals surface area contributed by atoms with Crippen molar-refractivity contribution in [1.82, 2.24) is 0 Å². The molecular formula is C19H20N2O6. The van der Waals surface area contributed by atoms with Crippen LogP contribution in [0.4, 0.5) is 11.4 Å². The van der Waals surface area contributed by atoms with Gasteiger partial charge in [-0.15, -0.1) is 0 Å². The number of nitrogens with zero attached hydrogens (tertiary/aromatic N) is 2. The third-order valence-electron chi connectivity index (χ3n) is 6.10. The van der Waals surface area contributed by atoms with Crippen LogP contribution in [0.2, 0.25) is 0 Å². The molecule has 27 heavy (non-hydrogen) atoms. The highest BCUT2D eigenvalue weighted by atomic mass is 16.5. The summed E-state index contributed by atoms with van der Waals surface area (Å²) in [6, 6.07) is 4.79. The van der Waals surface area contributed by atoms with E-state index in [0.29, 0.717) is 37.7 Å². The molecule has 0 saturated carbocycles. The molecule has 4 heterocycles. The number of hydrogen-bond acceptors (Lipinski definition) is 6. The first-order chi connectivity index (χ1) is 13.1. The summed E-state index contributed by atoms with van der Waals surface area (Å²) in [4.78, 5) is 40.8. The summed E-state index contributed by atoms with van der Waals surface area (Å²) >= 11 is 0. The Kier molecular flexibility index (Phi) is 3.73. The zero-order chi connectivity index (χ0) is 18.7. The van der Waals surface area contributed by atoms with Crippen LogP contribution < -0.4 is 9.80 Å². The molecule has 0 unspecified atom stereocenters. The van der Waals surface area contributed by atoms with Crippen LogP contribution in [0, 0.1) is 11.8 Å². The molecule has 4 fully saturated rings. The van der Waals surface area contributed by atoms with Gasteiger partial charge in [0.05, 0.1) is 54.2 Å². The van der Waals surface area contributed by atoms with Crippen molar-refractivity contribution in [1.29, 1.82) is 0 Å². The number of hydrogen-bond donors (Lipinski definition) is 1. The summed E-state index contributed by atoms with van der Waals surface area (Å²) in [5, 5.41) is 9.68. The molecule has 0 spiro atoms. The number of amides is 2. The molecule has 4 saturated heterocycles. The number of rotatable bonds is 3. The van der Waals surface area contributed by atoms with Crippen LogP contribution in [0.3, 0.4) is 0 Å². The summed E-state index contributed by atoms with van der Waals surface area (Å²) in [7, 11) is 0. The predicted octanol–water partition coefficient (Wildman–Crippen LogP) is 0.888. The van der Waals surface area contributed by atoms with E-state index in [9.17, 15) is 19.5 Å². The lowest BCUT2D eigenvalue weighted by atomic mass is 9.81. The number of fused-ring (bicyclic) bond motifs is 5. The van der Waals surface area contributed by atoms with Crippen molar-refractivity contribution in [2.75, 3.05) is 36.1 Å². The summed E-state index contributed by atoms with van der Waals surface area (Å²) in [6.07, 6.45) is 1.23. The monoisotopic (exact) mass is 372 g/mol. The van der Waals surface area contributed by atoms with E-state index in [1.54, 1.807) is 12.1 Å². The predicted molar refractivity (Wildman–Crippen MR) is 93.8 cm³/mol. The number of carboxylic acid groups (broad SMARTS) is 1. The first-order valence-electron chi connectivity index (χ1n) is 9.29. The van der Waals surface area contributed by atoms with Crippen LogP contribution in [-0.2, 0) is 19.1 Å². The number of benzene rings is 1. The van der Waals surface area contributed by atoms with E-state index >= 15 is 0 Å². The fourth-order valence-corrected chi connectivity index (χ4v) is 4.88. The van der Waals surface area contributed by atoms with Crippen LogP contribution in [0.1, 0.15) is 23.2 Å². The first kappa shape index (κ1) is 16.7. The average molecular weight is 372 g/mol. The van der Waals surface area contributed by atoms with E-state index < -0.39 is 17.8 Å². The number of carboxylic acids is 1. The lowest BCUT2D eigenvalue weighted by molar-refractivity contribution is -0.124. The molecule has 1 aromatic rings. The second-order valence-corrected chi connectivity index (χ2v) is 7.46. The van der Waals surface area contributed by atoms with Gasteiger partial charge in [0.2, 0.25) is 11.8 Å². The number of ether oxygens (including phenoxy) is 2. The largest absolute Gasteiger partial charge is 0.478 e. The number of imide groups is 1. The SMILES string of the molecule is O=C(O)c1cc(N2C(=O)[C@@H]3[C@H](C2=O)[C@H]2CC[C@@H]3O2)ccc1N1CCOCC1. The van der Waals surface area contributed by atoms with Gasteiger partial charge in [0, 0.05) is 13.1 Å². The lowest BCUT2D eigenvalue weighted by Gasteiger charge is -2.30. The molecule has 4 aliphatic heterocycles. The quantitative estimate of drug-likeness (QED) is 0.787. The van der Waals surface area contributed by atoms with Crippen molar-refractivity contribution in [3.05, 3.63) is 23.8 Å². The van der Waals surface area contributed by atoms with Gasteiger partial charge in [0.1, 0.15) is 0 Å². The molecular weight excluding hydrogens is 352 g/mol. The Bertz CT molecular complexity index is 805.